The second kappa shape index (κ2) is 19.1. The Morgan fingerprint density at radius 1 is 0.782 bits per heavy atom. The van der Waals surface area contributed by atoms with Crippen molar-refractivity contribution < 1.29 is 29.7 Å². The van der Waals surface area contributed by atoms with Crippen molar-refractivity contribution in [1.29, 1.82) is 0 Å². The molecule has 0 bridgehead atoms. The van der Waals surface area contributed by atoms with Crippen LogP contribution in [0, 0.1) is 26.2 Å². The minimum absolute atomic E-state index is 0. The van der Waals surface area contributed by atoms with E-state index in [4.69, 9.17) is 10.1 Å². The van der Waals surface area contributed by atoms with E-state index in [2.05, 4.69) is 66.6 Å². The normalized spacial score (nSPS) is 14.5. The Hall–Kier alpha value is -4.19. The van der Waals surface area contributed by atoms with Gasteiger partial charge >= 0.3 is 0 Å². The van der Waals surface area contributed by atoms with Crippen LogP contribution in [0.1, 0.15) is 85.6 Å². The molecule has 6 rings (SSSR count). The third-order valence-electron chi connectivity index (χ3n) is 8.59. The molecule has 1 atom stereocenters. The predicted octanol–water partition coefficient (Wildman–Crippen LogP) is 9.53. The number of aliphatic imine (C=N–C) groups is 1. The number of hydrogen-bond acceptors (Lipinski definition) is 10. The van der Waals surface area contributed by atoms with E-state index < -0.39 is 0 Å². The standard InChI is InChI=1S/C33H40N8OS2.C9H12O.Zn/c1-32(2,3)28-37-38-30(44-28)36-31(41-27(25-15-7-8-16-26(25)42)43-29(39-41)33(4,5)6)40(21-17-23-13-9-11-19-34-23)22-18-24-14-10-12-20-35-24;1-6-4-7(2)9(10)8(3)5-6;/h7-16,19-20,27,42H,17-18,21-22H2,1-6H3;4-5,10H,1-3H3;/b36-31+;;. The number of hydrazone groups is 1. The minimum atomic E-state index is -0.327. The van der Waals surface area contributed by atoms with Crippen LogP contribution < -0.4 is 0 Å². The van der Waals surface area contributed by atoms with E-state index in [1.807, 2.05) is 105 Å². The maximum absolute atomic E-state index is 11.0. The zero-order valence-electron chi connectivity index (χ0n) is 33.5. The summed E-state index contributed by atoms with van der Waals surface area (Å²) >= 11 is 3.13. The second-order valence-electron chi connectivity index (χ2n) is 15.5. The fourth-order valence-corrected chi connectivity index (χ4v) is 7.73. The first-order chi connectivity index (χ1) is 25.6. The van der Waals surface area contributed by atoms with Gasteiger partial charge in [0.1, 0.15) is 26.9 Å². The molecule has 0 amide bonds. The van der Waals surface area contributed by atoms with E-state index in [1.165, 1.54) is 16.9 Å². The minimum Gasteiger partial charge on any atom is -0.508 e. The first-order valence-corrected chi connectivity index (χ1v) is 19.9. The fraction of sp³-hybridized carbons (Fsp3) is 0.381. The van der Waals surface area contributed by atoms with E-state index in [-0.39, 0.29) is 41.4 Å². The third-order valence-corrected chi connectivity index (χ3v) is 11.4. The van der Waals surface area contributed by atoms with Crippen LogP contribution in [-0.4, -0.2) is 64.4 Å². The molecule has 0 fully saturated rings. The molecule has 4 heterocycles. The Morgan fingerprint density at radius 3 is 1.84 bits per heavy atom. The van der Waals surface area contributed by atoms with Gasteiger partial charge < -0.3 is 15.1 Å². The van der Waals surface area contributed by atoms with Crippen LogP contribution in [0.2, 0.25) is 0 Å². The maximum Gasteiger partial charge on any atom is 0.234 e. The van der Waals surface area contributed by atoms with Crippen LogP contribution in [0.3, 0.4) is 0 Å². The monoisotopic (exact) mass is 828 g/mol. The smallest absolute Gasteiger partial charge is 0.234 e. The molecule has 1 unspecified atom stereocenters. The number of phenols is 2. The van der Waals surface area contributed by atoms with Crippen LogP contribution in [0.15, 0.2) is 95.3 Å². The Bertz CT molecular complexity index is 1990. The molecule has 3 aromatic heterocycles. The van der Waals surface area contributed by atoms with Gasteiger partial charge in [-0.15, -0.1) is 10.2 Å². The number of thioether (sulfide) groups is 1. The van der Waals surface area contributed by atoms with Crippen molar-refractivity contribution in [3.05, 3.63) is 124 Å². The van der Waals surface area contributed by atoms with Crippen LogP contribution in [0.4, 0.5) is 5.13 Å². The maximum atomic E-state index is 11.0. The third kappa shape index (κ3) is 11.9. The molecule has 2 N–H and O–H groups in total. The summed E-state index contributed by atoms with van der Waals surface area (Å²) in [5, 5.41) is 38.6. The molecule has 1 aliphatic heterocycles. The average Bonchev–Trinajstić information content (AvgIpc) is 3.80. The van der Waals surface area contributed by atoms with Crippen LogP contribution >= 0.6 is 23.1 Å². The molecule has 10 nitrogen and oxygen atoms in total. The van der Waals surface area contributed by atoms with E-state index >= 15 is 0 Å². The van der Waals surface area contributed by atoms with Crippen molar-refractivity contribution in [2.45, 2.75) is 85.9 Å². The Balaban J connectivity index is 0.000000532. The summed E-state index contributed by atoms with van der Waals surface area (Å²) in [6, 6.07) is 23.4. The van der Waals surface area contributed by atoms with Gasteiger partial charge in [-0.25, -0.2) is 5.01 Å². The van der Waals surface area contributed by atoms with Crippen molar-refractivity contribution >= 4 is 39.2 Å². The number of nitrogens with zero attached hydrogens (tertiary/aromatic N) is 8. The van der Waals surface area contributed by atoms with Crippen molar-refractivity contribution in [3.8, 4) is 11.5 Å². The summed E-state index contributed by atoms with van der Waals surface area (Å²) in [5.41, 5.74) is 5.52. The Labute approximate surface area is 347 Å². The van der Waals surface area contributed by atoms with Crippen LogP contribution in [0.25, 0.3) is 0 Å². The number of aromatic nitrogens is 4. The topological polar surface area (TPSA) is 123 Å². The van der Waals surface area contributed by atoms with Crippen molar-refractivity contribution in [3.63, 3.8) is 0 Å². The number of para-hydroxylation sites is 1. The summed E-state index contributed by atoms with van der Waals surface area (Å²) in [4.78, 5) is 16.6. The molecular formula is C42H52N8O2S2Zn. The summed E-state index contributed by atoms with van der Waals surface area (Å²) in [6.45, 7) is 20.0. The molecule has 0 spiro atoms. The van der Waals surface area contributed by atoms with Gasteiger partial charge in [0, 0.05) is 85.6 Å². The predicted molar refractivity (Wildman–Crippen MR) is 223 cm³/mol. The summed E-state index contributed by atoms with van der Waals surface area (Å²) < 4.78 is 0. The molecule has 55 heavy (non-hydrogen) atoms. The SMILES string of the molecule is CC(C)(C)C1=NN(/C(=N/c2nnc(C(C)(C)C)s2)N(CCc2ccccn2)CCc2ccccn2)C(c2ccccc2O)S1.Cc1cc(C)c(O)c(C)c1.[Zn]. The number of rotatable bonds is 8. The van der Waals surface area contributed by atoms with Gasteiger partial charge in [0.15, 0.2) is 0 Å². The number of benzene rings is 2. The number of phenolic OH excluding ortho intramolecular Hbond substituents is 2. The van der Waals surface area contributed by atoms with Crippen molar-refractivity contribution in [2.24, 2.45) is 15.5 Å². The van der Waals surface area contributed by atoms with Crippen LogP contribution in [-0.2, 0) is 37.7 Å². The van der Waals surface area contributed by atoms with E-state index in [0.717, 1.165) is 38.1 Å². The molecule has 1 aliphatic rings. The molecule has 286 valence electrons. The number of hydrogen-bond donors (Lipinski definition) is 2. The second-order valence-corrected chi connectivity index (χ2v) is 17.5. The average molecular weight is 830 g/mol. The summed E-state index contributed by atoms with van der Waals surface area (Å²) in [6.07, 6.45) is 5.07. The van der Waals surface area contributed by atoms with Gasteiger partial charge in [0.2, 0.25) is 11.1 Å². The Morgan fingerprint density at radius 2 is 1.35 bits per heavy atom. The van der Waals surface area contributed by atoms with Gasteiger partial charge in [0.25, 0.3) is 0 Å². The number of guanidine groups is 1. The molecule has 5 aromatic rings. The number of pyridine rings is 2. The van der Waals surface area contributed by atoms with Crippen molar-refractivity contribution in [1.82, 2.24) is 30.1 Å². The zero-order chi connectivity index (χ0) is 39.0. The molecule has 0 radical (unpaired) electrons. The Kier molecular flexibility index (Phi) is 15.1. The molecular weight excluding hydrogens is 778 g/mol. The van der Waals surface area contributed by atoms with E-state index in [1.54, 1.807) is 17.8 Å². The van der Waals surface area contributed by atoms with Gasteiger partial charge in [-0.1, -0.05) is 113 Å². The zero-order valence-corrected chi connectivity index (χ0v) is 38.1. The molecule has 0 saturated heterocycles. The first kappa shape index (κ1) is 43.5. The van der Waals surface area contributed by atoms with Crippen LogP contribution in [0.5, 0.6) is 11.5 Å². The molecule has 0 aliphatic carbocycles. The number of aryl methyl sites for hydroxylation is 3. The van der Waals surface area contributed by atoms with Gasteiger partial charge in [-0.3, -0.25) is 9.97 Å². The van der Waals surface area contributed by atoms with Crippen molar-refractivity contribution in [2.75, 3.05) is 13.1 Å². The largest absolute Gasteiger partial charge is 0.508 e. The van der Waals surface area contributed by atoms with E-state index in [9.17, 15) is 10.2 Å². The van der Waals surface area contributed by atoms with Gasteiger partial charge in [-0.2, -0.15) is 10.1 Å². The van der Waals surface area contributed by atoms with E-state index in [0.29, 0.717) is 42.8 Å². The fourth-order valence-electron chi connectivity index (χ4n) is 5.69. The molecule has 0 saturated carbocycles. The van der Waals surface area contributed by atoms with Gasteiger partial charge in [-0.05, 0) is 62.2 Å². The molecule has 2 aromatic carbocycles. The van der Waals surface area contributed by atoms with Gasteiger partial charge in [0.05, 0.1) is 0 Å². The molecule has 13 heteroatoms. The summed E-state index contributed by atoms with van der Waals surface area (Å²) in [7, 11) is 0. The summed E-state index contributed by atoms with van der Waals surface area (Å²) in [5.74, 6) is 1.29. The number of aromatic hydroxyl groups is 2. The first-order valence-electron chi connectivity index (χ1n) is 18.2. The quantitative estimate of drug-likeness (QED) is 0.0895.